The van der Waals surface area contributed by atoms with Crippen molar-refractivity contribution in [3.05, 3.63) is 117 Å². The molecule has 2 atom stereocenters. The van der Waals surface area contributed by atoms with E-state index in [0.29, 0.717) is 93.8 Å². The number of fused-ring (bicyclic) bond motifs is 3. The number of nitrogens with one attached hydrogen (secondary N) is 2. The van der Waals surface area contributed by atoms with E-state index >= 15 is 0 Å². The Morgan fingerprint density at radius 1 is 0.937 bits per heavy atom. The lowest BCUT2D eigenvalue weighted by Crippen LogP contribution is -2.64. The van der Waals surface area contributed by atoms with Crippen LogP contribution in [0.15, 0.2) is 78.9 Å². The largest absolute Gasteiger partial charge is 0.493 e. The van der Waals surface area contributed by atoms with Gasteiger partial charge in [-0.05, 0) is 66.1 Å². The third-order valence-corrected chi connectivity index (χ3v) is 11.7. The van der Waals surface area contributed by atoms with Crippen molar-refractivity contribution >= 4 is 41.3 Å². The highest BCUT2D eigenvalue weighted by Gasteiger charge is 2.40. The number of carbonyl (C=O) groups is 4. The van der Waals surface area contributed by atoms with Crippen molar-refractivity contribution in [3.63, 3.8) is 0 Å². The summed E-state index contributed by atoms with van der Waals surface area (Å²) in [6, 6.07) is 24.0. The molecule has 63 heavy (non-hydrogen) atoms. The van der Waals surface area contributed by atoms with Gasteiger partial charge in [0.15, 0.2) is 0 Å². The van der Waals surface area contributed by atoms with Crippen LogP contribution >= 0.6 is 0 Å². The van der Waals surface area contributed by atoms with Crippen LogP contribution in [-0.4, -0.2) is 137 Å². The molecule has 0 radical (unpaired) electrons. The fraction of sp³-hybridized carbons (Fsp3) is 0.375. The van der Waals surface area contributed by atoms with Crippen molar-refractivity contribution in [2.45, 2.75) is 31.6 Å². The molecule has 4 aliphatic rings. The number of benzene rings is 4. The molecule has 0 unspecified atom stereocenters. The van der Waals surface area contributed by atoms with Crippen LogP contribution in [0.4, 0.5) is 10.5 Å². The molecule has 0 bridgehead atoms. The number of carboxylic acid groups (broad SMARTS) is 1. The number of ether oxygens (including phenoxy) is 4. The third-order valence-electron chi connectivity index (χ3n) is 11.7. The lowest BCUT2D eigenvalue weighted by Gasteiger charge is -2.46. The normalized spacial score (nSPS) is 18.3. The van der Waals surface area contributed by atoms with Gasteiger partial charge in [0.25, 0.3) is 5.91 Å². The fourth-order valence-electron chi connectivity index (χ4n) is 8.49. The maximum atomic E-state index is 13.4. The smallest absolute Gasteiger partial charge is 0.336 e. The number of hydrogen-bond donors (Lipinski definition) is 3. The predicted molar refractivity (Wildman–Crippen MR) is 237 cm³/mol. The Kier molecular flexibility index (Phi) is 12.9. The first-order chi connectivity index (χ1) is 30.4. The molecule has 8 rings (SSSR count). The molecule has 4 aromatic carbocycles. The van der Waals surface area contributed by atoms with E-state index in [1.165, 1.54) is 6.07 Å². The van der Waals surface area contributed by atoms with Gasteiger partial charge in [-0.3, -0.25) is 9.59 Å². The molecule has 330 valence electrons. The summed E-state index contributed by atoms with van der Waals surface area (Å²) in [5, 5.41) is 18.0. The highest BCUT2D eigenvalue weighted by atomic mass is 16.5. The fourth-order valence-corrected chi connectivity index (χ4v) is 8.49. The van der Waals surface area contributed by atoms with E-state index in [4.69, 9.17) is 18.9 Å². The first-order valence-corrected chi connectivity index (χ1v) is 21.3. The van der Waals surface area contributed by atoms with Crippen molar-refractivity contribution < 1.29 is 43.2 Å². The SMILES string of the molecule is CN(C)/C=c1/ccc2c(c1)Oc1cc(N(C)C)ccc1C=2c1ccc(C(=O)NCCCOc2ccccc2COCC2CN(C(=O)N3CC[C@@H]4OCC(=O)N[C@@H]4C3)C2)cc1C(=O)O. The Hall–Kier alpha value is -6.58. The van der Waals surface area contributed by atoms with Gasteiger partial charge in [-0.2, -0.15) is 0 Å². The van der Waals surface area contributed by atoms with E-state index in [2.05, 4.69) is 10.6 Å². The van der Waals surface area contributed by atoms with Gasteiger partial charge in [-0.15, -0.1) is 0 Å². The zero-order valence-electron chi connectivity index (χ0n) is 36.1. The number of amides is 4. The molecule has 0 aliphatic carbocycles. The van der Waals surface area contributed by atoms with Gasteiger partial charge in [0.1, 0.15) is 23.9 Å². The van der Waals surface area contributed by atoms with Crippen molar-refractivity contribution in [2.24, 2.45) is 5.92 Å². The number of urea groups is 1. The van der Waals surface area contributed by atoms with Gasteiger partial charge in [0, 0.05) is 112 Å². The van der Waals surface area contributed by atoms with Gasteiger partial charge in [0.05, 0.1) is 37.5 Å². The monoisotopic (exact) mass is 858 g/mol. The van der Waals surface area contributed by atoms with Crippen LogP contribution in [0.1, 0.15) is 50.2 Å². The number of carbonyl (C=O) groups excluding carboxylic acids is 3. The number of piperidine rings is 1. The molecule has 0 aromatic heterocycles. The number of rotatable bonds is 14. The topological polar surface area (TPSA) is 162 Å². The summed E-state index contributed by atoms with van der Waals surface area (Å²) in [7, 11) is 7.78. The molecule has 4 heterocycles. The minimum atomic E-state index is -1.15. The van der Waals surface area contributed by atoms with Gasteiger partial charge < -0.3 is 54.3 Å². The summed E-state index contributed by atoms with van der Waals surface area (Å²) in [6.07, 6.45) is 3.16. The lowest BCUT2D eigenvalue weighted by atomic mass is 9.88. The van der Waals surface area contributed by atoms with Crippen molar-refractivity contribution in [2.75, 3.05) is 85.6 Å². The molecular formula is C48H54N6O9. The predicted octanol–water partition coefficient (Wildman–Crippen LogP) is 3.46. The van der Waals surface area contributed by atoms with Crippen LogP contribution in [0, 0.1) is 5.92 Å². The molecule has 0 spiro atoms. The van der Waals surface area contributed by atoms with E-state index in [1.54, 1.807) is 17.0 Å². The standard InChI is InChI=1S/C48H54N6O9/c1-51(2)23-30-10-13-36-42(20-30)63-43-22-34(52(3)4)12-15-37(43)45(36)35-14-11-32(21-38(35)47(57)58)46(56)49-17-7-19-61-40-9-6-5-8-33(40)28-60-27-31-24-54(25-31)48(59)53-18-16-41-39(26-53)50-44(55)29-62-41/h5-6,8-15,20-23,31,39,41H,7,16-19,24-29H2,1-4H3,(H,49,56)(H,50,55)(H,57,58)/b30-23-/t39-,41+/m1/s1. The third kappa shape index (κ3) is 9.74. The number of para-hydroxylation sites is 1. The minimum Gasteiger partial charge on any atom is -0.493 e. The minimum absolute atomic E-state index is 0.00490. The Bertz CT molecular complexity index is 2520. The molecular weight excluding hydrogens is 805 g/mol. The van der Waals surface area contributed by atoms with Gasteiger partial charge >= 0.3 is 12.0 Å². The van der Waals surface area contributed by atoms with Crippen molar-refractivity contribution in [3.8, 4) is 17.2 Å². The van der Waals surface area contributed by atoms with Crippen LogP contribution in [0.25, 0.3) is 11.8 Å². The van der Waals surface area contributed by atoms with Crippen LogP contribution in [0.2, 0.25) is 0 Å². The maximum absolute atomic E-state index is 13.4. The average Bonchev–Trinajstić information content (AvgIpc) is 3.25. The summed E-state index contributed by atoms with van der Waals surface area (Å²) < 4.78 is 24.2. The van der Waals surface area contributed by atoms with E-state index in [1.807, 2.05) is 110 Å². The van der Waals surface area contributed by atoms with Crippen LogP contribution in [0.3, 0.4) is 0 Å². The molecule has 3 fully saturated rings. The number of hydrogen-bond acceptors (Lipinski definition) is 10. The number of aromatic carboxylic acids is 1. The van der Waals surface area contributed by atoms with Gasteiger partial charge in [-0.1, -0.05) is 30.3 Å². The lowest BCUT2D eigenvalue weighted by molar-refractivity contribution is -0.139. The van der Waals surface area contributed by atoms with E-state index < -0.39 is 5.97 Å². The number of likely N-dealkylation sites (tertiary alicyclic amines) is 2. The summed E-state index contributed by atoms with van der Waals surface area (Å²) >= 11 is 0. The van der Waals surface area contributed by atoms with Crippen LogP contribution in [-0.2, 0) is 20.9 Å². The van der Waals surface area contributed by atoms with Gasteiger partial charge in [-0.25, -0.2) is 9.59 Å². The maximum Gasteiger partial charge on any atom is 0.336 e. The zero-order chi connectivity index (χ0) is 44.2. The Balaban J connectivity index is 0.840. The average molecular weight is 859 g/mol. The Morgan fingerprint density at radius 3 is 2.54 bits per heavy atom. The second kappa shape index (κ2) is 18.8. The summed E-state index contributed by atoms with van der Waals surface area (Å²) in [5.74, 6) is 0.464. The quantitative estimate of drug-likeness (QED) is 0.140. The highest BCUT2D eigenvalue weighted by Crippen LogP contribution is 2.39. The van der Waals surface area contributed by atoms with Crippen LogP contribution in [0.5, 0.6) is 17.2 Å². The molecule has 3 N–H and O–H groups in total. The van der Waals surface area contributed by atoms with Crippen molar-refractivity contribution in [1.82, 2.24) is 25.3 Å². The zero-order valence-corrected chi connectivity index (χ0v) is 36.1. The second-order valence-electron chi connectivity index (χ2n) is 16.9. The molecule has 3 saturated heterocycles. The Labute approximate surface area is 366 Å². The first-order valence-electron chi connectivity index (χ1n) is 21.3. The van der Waals surface area contributed by atoms with Crippen molar-refractivity contribution in [1.29, 1.82) is 0 Å². The molecule has 0 saturated carbocycles. The number of anilines is 1. The first kappa shape index (κ1) is 43.1. The molecule has 4 amide bonds. The van der Waals surface area contributed by atoms with E-state index in [0.717, 1.165) is 27.3 Å². The Morgan fingerprint density at radius 2 is 1.75 bits per heavy atom. The molecule has 15 heteroatoms. The summed E-state index contributed by atoms with van der Waals surface area (Å²) in [5.41, 5.74) is 4.02. The molecule has 4 aromatic rings. The van der Waals surface area contributed by atoms with E-state index in [9.17, 15) is 24.3 Å². The number of nitrogens with zero attached hydrogens (tertiary/aromatic N) is 4. The summed E-state index contributed by atoms with van der Waals surface area (Å²) in [6.45, 7) is 3.89. The highest BCUT2D eigenvalue weighted by molar-refractivity contribution is 6.02. The molecule has 15 nitrogen and oxygen atoms in total. The molecule has 4 aliphatic heterocycles. The summed E-state index contributed by atoms with van der Waals surface area (Å²) in [4.78, 5) is 58.6. The number of morpholine rings is 1. The number of carboxylic acids is 1. The van der Waals surface area contributed by atoms with Gasteiger partial charge in [0.2, 0.25) is 5.91 Å². The van der Waals surface area contributed by atoms with Crippen LogP contribution < -0.4 is 35.4 Å². The van der Waals surface area contributed by atoms with E-state index in [-0.39, 0.29) is 53.6 Å². The second-order valence-corrected chi connectivity index (χ2v) is 16.9.